The van der Waals surface area contributed by atoms with E-state index >= 15 is 0 Å². The molecule has 2 aromatic heterocycles. The Morgan fingerprint density at radius 1 is 1.24 bits per heavy atom. The van der Waals surface area contributed by atoms with Crippen LogP contribution in [0.15, 0.2) is 49.3 Å². The molecule has 3 rings (SSSR count). The van der Waals surface area contributed by atoms with Crippen molar-refractivity contribution in [3.8, 4) is 5.69 Å². The summed E-state index contributed by atoms with van der Waals surface area (Å²) in [5.41, 5.74) is 4.14. The summed E-state index contributed by atoms with van der Waals surface area (Å²) in [7, 11) is 0. The molecule has 0 bridgehead atoms. The largest absolute Gasteiger partial charge is 0.379 e. The Bertz CT molecular complexity index is 740. The van der Waals surface area contributed by atoms with Crippen LogP contribution in [-0.4, -0.2) is 19.7 Å². The maximum absolute atomic E-state index is 6.09. The van der Waals surface area contributed by atoms with Gasteiger partial charge in [-0.05, 0) is 42.3 Å². The van der Waals surface area contributed by atoms with E-state index in [0.29, 0.717) is 11.6 Å². The fourth-order valence-electron chi connectivity index (χ4n) is 2.05. The Hall–Kier alpha value is -2.40. The van der Waals surface area contributed by atoms with Gasteiger partial charge in [-0.3, -0.25) is 4.98 Å². The van der Waals surface area contributed by atoms with Crippen LogP contribution in [0.3, 0.4) is 0 Å². The van der Waals surface area contributed by atoms with Crippen LogP contribution >= 0.6 is 11.6 Å². The maximum atomic E-state index is 6.09. The van der Waals surface area contributed by atoms with Crippen LogP contribution in [-0.2, 0) is 6.54 Å². The van der Waals surface area contributed by atoms with Gasteiger partial charge in [-0.15, -0.1) is 0 Å². The molecule has 0 radical (unpaired) electrons. The second-order valence-electron chi connectivity index (χ2n) is 4.66. The molecule has 5 nitrogen and oxygen atoms in total. The molecule has 0 spiro atoms. The second kappa shape index (κ2) is 5.93. The van der Waals surface area contributed by atoms with Gasteiger partial charge in [0.25, 0.3) is 0 Å². The summed E-state index contributed by atoms with van der Waals surface area (Å²) in [5, 5.41) is 8.22. The number of nitrogens with zero attached hydrogens (tertiary/aromatic N) is 4. The van der Waals surface area contributed by atoms with Crippen LogP contribution in [0, 0.1) is 6.92 Å². The van der Waals surface area contributed by atoms with Crippen molar-refractivity contribution in [3.05, 3.63) is 65.5 Å². The average Bonchev–Trinajstić information content (AvgIpc) is 3.00. The highest BCUT2D eigenvalue weighted by Gasteiger charge is 2.07. The summed E-state index contributed by atoms with van der Waals surface area (Å²) in [6.07, 6.45) is 6.81. The van der Waals surface area contributed by atoms with E-state index in [9.17, 15) is 0 Å². The Labute approximate surface area is 127 Å². The van der Waals surface area contributed by atoms with Crippen LogP contribution in [0.4, 0.5) is 5.69 Å². The number of hydrogen-bond donors (Lipinski definition) is 1. The van der Waals surface area contributed by atoms with Crippen molar-refractivity contribution in [3.63, 3.8) is 0 Å². The first-order valence-electron chi connectivity index (χ1n) is 6.52. The average molecular weight is 300 g/mol. The zero-order valence-corrected chi connectivity index (χ0v) is 12.2. The minimum absolute atomic E-state index is 0.668. The Balaban J connectivity index is 1.88. The highest BCUT2D eigenvalue weighted by atomic mass is 35.5. The molecule has 0 unspecified atom stereocenters. The predicted octanol–water partition coefficient (Wildman–Crippen LogP) is 3.24. The van der Waals surface area contributed by atoms with Gasteiger partial charge in [0, 0.05) is 24.0 Å². The number of aryl methyl sites for hydroxylation is 1. The zero-order chi connectivity index (χ0) is 14.7. The van der Waals surface area contributed by atoms with Crippen molar-refractivity contribution in [1.82, 2.24) is 19.7 Å². The van der Waals surface area contributed by atoms with Crippen LogP contribution in [0.5, 0.6) is 0 Å². The Morgan fingerprint density at radius 2 is 2.14 bits per heavy atom. The van der Waals surface area contributed by atoms with Gasteiger partial charge in [0.1, 0.15) is 12.7 Å². The lowest BCUT2D eigenvalue weighted by atomic mass is 10.1. The number of pyridine rings is 1. The third-order valence-corrected chi connectivity index (χ3v) is 3.48. The molecule has 2 heterocycles. The Morgan fingerprint density at radius 3 is 2.90 bits per heavy atom. The summed E-state index contributed by atoms with van der Waals surface area (Å²) in [6, 6.07) is 7.62. The van der Waals surface area contributed by atoms with Crippen molar-refractivity contribution < 1.29 is 0 Å². The molecule has 3 aromatic rings. The molecule has 106 valence electrons. The number of nitrogens with one attached hydrogen (secondary N) is 1. The minimum Gasteiger partial charge on any atom is -0.379 e. The third-order valence-electron chi connectivity index (χ3n) is 3.24. The van der Waals surface area contributed by atoms with Crippen LogP contribution in [0.25, 0.3) is 5.69 Å². The normalized spacial score (nSPS) is 10.6. The van der Waals surface area contributed by atoms with E-state index in [-0.39, 0.29) is 0 Å². The van der Waals surface area contributed by atoms with Gasteiger partial charge < -0.3 is 5.32 Å². The first-order valence-corrected chi connectivity index (χ1v) is 6.90. The summed E-state index contributed by atoms with van der Waals surface area (Å²) >= 11 is 6.09. The highest BCUT2D eigenvalue weighted by Crippen LogP contribution is 2.24. The molecule has 21 heavy (non-hydrogen) atoms. The predicted molar refractivity (Wildman–Crippen MR) is 82.7 cm³/mol. The molecule has 0 atom stereocenters. The van der Waals surface area contributed by atoms with Gasteiger partial charge >= 0.3 is 0 Å². The van der Waals surface area contributed by atoms with Crippen molar-refractivity contribution in [2.45, 2.75) is 13.5 Å². The third kappa shape index (κ3) is 3.03. The molecule has 0 saturated heterocycles. The molecule has 0 amide bonds. The van der Waals surface area contributed by atoms with Crippen molar-refractivity contribution >= 4 is 17.3 Å². The minimum atomic E-state index is 0.668. The van der Waals surface area contributed by atoms with E-state index in [2.05, 4.69) is 27.3 Å². The van der Waals surface area contributed by atoms with Crippen molar-refractivity contribution in [1.29, 1.82) is 0 Å². The summed E-state index contributed by atoms with van der Waals surface area (Å²) in [4.78, 5) is 8.13. The maximum Gasteiger partial charge on any atom is 0.138 e. The van der Waals surface area contributed by atoms with E-state index < -0.39 is 0 Å². The van der Waals surface area contributed by atoms with Crippen LogP contribution in [0.1, 0.15) is 11.1 Å². The molecule has 1 N–H and O–H groups in total. The standard InChI is InChI=1S/C15H14ClN5/c1-11-4-5-17-7-12(11)8-19-14-6-13(16)2-3-15(14)21-10-18-9-20-21/h2-7,9-10,19H,8H2,1H3. The molecule has 0 saturated carbocycles. The number of benzene rings is 1. The van der Waals surface area contributed by atoms with Crippen molar-refractivity contribution in [2.75, 3.05) is 5.32 Å². The number of rotatable bonds is 4. The molecule has 0 fully saturated rings. The van der Waals surface area contributed by atoms with Gasteiger partial charge in [0.05, 0.1) is 11.4 Å². The smallest absolute Gasteiger partial charge is 0.138 e. The summed E-state index contributed by atoms with van der Waals surface area (Å²) in [5.74, 6) is 0. The van der Waals surface area contributed by atoms with Gasteiger partial charge in [0.15, 0.2) is 0 Å². The molecule has 6 heteroatoms. The van der Waals surface area contributed by atoms with Crippen molar-refractivity contribution in [2.24, 2.45) is 0 Å². The van der Waals surface area contributed by atoms with Gasteiger partial charge in [-0.2, -0.15) is 5.10 Å². The first-order chi connectivity index (χ1) is 10.2. The Kier molecular flexibility index (Phi) is 3.83. The molecule has 0 aliphatic heterocycles. The molecular formula is C15H14ClN5. The van der Waals surface area contributed by atoms with E-state index in [4.69, 9.17) is 11.6 Å². The monoisotopic (exact) mass is 299 g/mol. The van der Waals surface area contributed by atoms with Gasteiger partial charge in [-0.1, -0.05) is 11.6 Å². The lowest BCUT2D eigenvalue weighted by Crippen LogP contribution is -2.06. The molecule has 0 aliphatic carbocycles. The number of hydrogen-bond acceptors (Lipinski definition) is 4. The molecule has 1 aromatic carbocycles. The fourth-order valence-corrected chi connectivity index (χ4v) is 2.23. The van der Waals surface area contributed by atoms with Crippen LogP contribution in [0.2, 0.25) is 5.02 Å². The highest BCUT2D eigenvalue weighted by molar-refractivity contribution is 6.31. The first kappa shape index (κ1) is 13.6. The lowest BCUT2D eigenvalue weighted by molar-refractivity contribution is 0.877. The lowest BCUT2D eigenvalue weighted by Gasteiger charge is -2.13. The SMILES string of the molecule is Cc1ccncc1CNc1cc(Cl)ccc1-n1cncn1. The van der Waals surface area contributed by atoms with E-state index in [1.54, 1.807) is 17.2 Å². The van der Waals surface area contributed by atoms with E-state index in [1.807, 2.05) is 30.5 Å². The van der Waals surface area contributed by atoms with Gasteiger partial charge in [-0.25, -0.2) is 9.67 Å². The zero-order valence-electron chi connectivity index (χ0n) is 11.5. The summed E-state index contributed by atoms with van der Waals surface area (Å²) in [6.45, 7) is 2.73. The molecular weight excluding hydrogens is 286 g/mol. The van der Waals surface area contributed by atoms with Crippen LogP contribution < -0.4 is 5.32 Å². The number of aromatic nitrogens is 4. The number of halogens is 1. The topological polar surface area (TPSA) is 55.6 Å². The van der Waals surface area contributed by atoms with E-state index in [0.717, 1.165) is 16.9 Å². The fraction of sp³-hybridized carbons (Fsp3) is 0.133. The second-order valence-corrected chi connectivity index (χ2v) is 5.09. The number of anilines is 1. The van der Waals surface area contributed by atoms with E-state index in [1.165, 1.54) is 11.9 Å². The van der Waals surface area contributed by atoms with Gasteiger partial charge in [0.2, 0.25) is 0 Å². The molecule has 0 aliphatic rings. The summed E-state index contributed by atoms with van der Waals surface area (Å²) < 4.78 is 1.70. The quantitative estimate of drug-likeness (QED) is 0.803.